The highest BCUT2D eigenvalue weighted by atomic mass is 32.2. The lowest BCUT2D eigenvalue weighted by atomic mass is 10.0. The maximum absolute atomic E-state index is 12.2. The molecule has 1 aromatic rings. The van der Waals surface area contributed by atoms with Crippen molar-refractivity contribution in [1.29, 1.82) is 0 Å². The summed E-state index contributed by atoms with van der Waals surface area (Å²) in [4.78, 5) is 36.1. The fraction of sp³-hybridized carbons (Fsp3) is 0.312. The minimum Gasteiger partial charge on any atom is -0.465 e. The second-order valence-electron chi connectivity index (χ2n) is 5.09. The van der Waals surface area contributed by atoms with E-state index in [2.05, 4.69) is 10.1 Å². The number of hydrogen-bond donors (Lipinski definition) is 2. The molecule has 0 radical (unpaired) electrons. The summed E-state index contributed by atoms with van der Waals surface area (Å²) in [6, 6.07) is 6.70. The van der Waals surface area contributed by atoms with Crippen LogP contribution in [0.5, 0.6) is 0 Å². The van der Waals surface area contributed by atoms with Gasteiger partial charge in [0.25, 0.3) is 0 Å². The fourth-order valence-electron chi connectivity index (χ4n) is 2.33. The number of piperidine rings is 1. The number of nitrogens with zero attached hydrogens (tertiary/aromatic N) is 1. The highest BCUT2D eigenvalue weighted by Gasteiger charge is 2.27. The summed E-state index contributed by atoms with van der Waals surface area (Å²) in [5.74, 6) is -0.531. The molecule has 1 amide bonds. The number of thioether (sulfide) groups is 1. The molecule has 0 saturated carbocycles. The van der Waals surface area contributed by atoms with Crippen LogP contribution in [0.25, 0.3) is 0 Å². The van der Waals surface area contributed by atoms with Gasteiger partial charge >= 0.3 is 12.1 Å². The van der Waals surface area contributed by atoms with Crippen LogP contribution < -0.4 is 5.32 Å². The lowest BCUT2D eigenvalue weighted by Gasteiger charge is -2.27. The van der Waals surface area contributed by atoms with Crippen LogP contribution >= 0.6 is 11.8 Å². The van der Waals surface area contributed by atoms with E-state index in [1.54, 1.807) is 30.5 Å². The first-order chi connectivity index (χ1) is 11.5. The third-order valence-electron chi connectivity index (χ3n) is 3.58. The summed E-state index contributed by atoms with van der Waals surface area (Å²) < 4.78 is 4.69. The zero-order valence-corrected chi connectivity index (χ0v) is 14.2. The molecule has 0 aromatic heterocycles. The van der Waals surface area contributed by atoms with Crippen molar-refractivity contribution in [3.8, 4) is 0 Å². The topological polar surface area (TPSA) is 95.9 Å². The van der Waals surface area contributed by atoms with Crippen LogP contribution in [0.15, 0.2) is 34.9 Å². The Morgan fingerprint density at radius 2 is 2.12 bits per heavy atom. The molecule has 128 valence electrons. The van der Waals surface area contributed by atoms with Gasteiger partial charge in [-0.05, 0) is 24.5 Å². The van der Waals surface area contributed by atoms with Gasteiger partial charge in [-0.25, -0.2) is 9.59 Å². The Morgan fingerprint density at radius 3 is 2.75 bits per heavy atom. The average molecular weight is 350 g/mol. The van der Waals surface area contributed by atoms with Crippen molar-refractivity contribution < 1.29 is 24.2 Å². The quantitative estimate of drug-likeness (QED) is 0.636. The molecule has 8 heteroatoms. The number of ketones is 1. The number of esters is 1. The molecule has 1 aromatic carbocycles. The molecule has 24 heavy (non-hydrogen) atoms. The van der Waals surface area contributed by atoms with Crippen molar-refractivity contribution in [3.63, 3.8) is 0 Å². The lowest BCUT2D eigenvalue weighted by molar-refractivity contribution is -0.117. The predicted molar refractivity (Wildman–Crippen MR) is 91.2 cm³/mol. The standard InChI is InChI=1S/C16H18N2O5S/c1-23-15(20)10-4-3-5-11(8-10)17-14(24-2)12-9-18(16(21)22)7-6-13(12)19/h3-5,8,17H,6-7,9H2,1-2H3,(H,21,22). The number of anilines is 1. The number of benzene rings is 1. The van der Waals surface area contributed by atoms with Crippen LogP contribution in [0.4, 0.5) is 10.5 Å². The molecule has 1 aliphatic heterocycles. The number of carbonyl (C=O) groups is 3. The van der Waals surface area contributed by atoms with Crippen molar-refractivity contribution in [2.24, 2.45) is 0 Å². The van der Waals surface area contributed by atoms with Gasteiger partial charge in [-0.1, -0.05) is 6.07 Å². The number of nitrogens with one attached hydrogen (secondary N) is 1. The molecule has 0 aliphatic carbocycles. The number of ether oxygens (including phenoxy) is 1. The molecule has 7 nitrogen and oxygen atoms in total. The number of hydrogen-bond acceptors (Lipinski definition) is 6. The van der Waals surface area contributed by atoms with Crippen LogP contribution in [0.2, 0.25) is 0 Å². The first kappa shape index (κ1) is 17.9. The van der Waals surface area contributed by atoms with E-state index in [0.717, 1.165) is 0 Å². The van der Waals surface area contributed by atoms with Gasteiger partial charge in [-0.2, -0.15) is 0 Å². The van der Waals surface area contributed by atoms with Gasteiger partial charge in [0.15, 0.2) is 5.78 Å². The fourth-order valence-corrected chi connectivity index (χ4v) is 2.97. The zero-order valence-electron chi connectivity index (χ0n) is 13.4. The molecule has 1 saturated heterocycles. The summed E-state index contributed by atoms with van der Waals surface area (Å²) in [6.07, 6.45) is 0.912. The highest BCUT2D eigenvalue weighted by molar-refractivity contribution is 8.02. The summed E-state index contributed by atoms with van der Waals surface area (Å²) in [7, 11) is 1.30. The van der Waals surface area contributed by atoms with Crippen molar-refractivity contribution in [1.82, 2.24) is 4.90 Å². The zero-order chi connectivity index (χ0) is 17.7. The first-order valence-corrected chi connectivity index (χ1v) is 8.42. The Hall–Kier alpha value is -2.48. The number of carboxylic acid groups (broad SMARTS) is 1. The Balaban J connectivity index is 2.29. The van der Waals surface area contributed by atoms with Gasteiger partial charge < -0.3 is 20.1 Å². The van der Waals surface area contributed by atoms with Crippen LogP contribution in [0, 0.1) is 0 Å². The summed E-state index contributed by atoms with van der Waals surface area (Å²) in [5.41, 5.74) is 1.43. The highest BCUT2D eigenvalue weighted by Crippen LogP contribution is 2.25. The second-order valence-corrected chi connectivity index (χ2v) is 5.90. The number of amides is 1. The van der Waals surface area contributed by atoms with Crippen LogP contribution in [-0.4, -0.2) is 54.3 Å². The van der Waals surface area contributed by atoms with E-state index in [9.17, 15) is 14.4 Å². The molecule has 2 rings (SSSR count). The predicted octanol–water partition coefficient (Wildman–Crippen LogP) is 2.41. The van der Waals surface area contributed by atoms with Gasteiger partial charge in [0, 0.05) is 24.2 Å². The van der Waals surface area contributed by atoms with E-state index in [0.29, 0.717) is 21.9 Å². The number of likely N-dealkylation sites (tertiary alicyclic amines) is 1. The number of methoxy groups -OCH3 is 1. The molecule has 0 atom stereocenters. The van der Waals surface area contributed by atoms with E-state index in [1.807, 2.05) is 0 Å². The van der Waals surface area contributed by atoms with Gasteiger partial charge in [0.05, 0.1) is 24.2 Å². The number of carbonyl (C=O) groups excluding carboxylic acids is 2. The van der Waals surface area contributed by atoms with Crippen molar-refractivity contribution >= 4 is 35.3 Å². The number of Topliss-reactive ketones (excluding diaryl/α,β-unsaturated/α-hetero) is 1. The molecular formula is C16H18N2O5S. The van der Waals surface area contributed by atoms with Crippen molar-refractivity contribution in [2.45, 2.75) is 6.42 Å². The second kappa shape index (κ2) is 7.87. The van der Waals surface area contributed by atoms with Crippen LogP contribution in [-0.2, 0) is 9.53 Å². The average Bonchev–Trinajstić information content (AvgIpc) is 2.59. The summed E-state index contributed by atoms with van der Waals surface area (Å²) >= 11 is 1.32. The third kappa shape index (κ3) is 4.08. The smallest absolute Gasteiger partial charge is 0.407 e. The van der Waals surface area contributed by atoms with Crippen LogP contribution in [0.3, 0.4) is 0 Å². The molecule has 1 aliphatic rings. The van der Waals surface area contributed by atoms with E-state index in [1.165, 1.54) is 23.8 Å². The Morgan fingerprint density at radius 1 is 1.38 bits per heavy atom. The van der Waals surface area contributed by atoms with E-state index in [4.69, 9.17) is 5.11 Å². The molecule has 0 spiro atoms. The van der Waals surface area contributed by atoms with Gasteiger partial charge in [0.1, 0.15) is 0 Å². The third-order valence-corrected chi connectivity index (χ3v) is 4.34. The first-order valence-electron chi connectivity index (χ1n) is 7.20. The lowest BCUT2D eigenvalue weighted by Crippen LogP contribution is -2.40. The minimum absolute atomic E-state index is 0.0496. The summed E-state index contributed by atoms with van der Waals surface area (Å²) in [5, 5.41) is 12.8. The Labute approximate surface area is 143 Å². The molecule has 2 N–H and O–H groups in total. The molecular weight excluding hydrogens is 332 g/mol. The van der Waals surface area contributed by atoms with Gasteiger partial charge in [-0.3, -0.25) is 4.79 Å². The monoisotopic (exact) mass is 350 g/mol. The van der Waals surface area contributed by atoms with E-state index in [-0.39, 0.29) is 25.3 Å². The maximum atomic E-state index is 12.2. The SMILES string of the molecule is COC(=O)c1cccc(NC(SC)=C2CN(C(=O)O)CCC2=O)c1. The normalized spacial score (nSPS) is 16.6. The molecule has 1 heterocycles. The molecule has 1 fully saturated rings. The summed E-state index contributed by atoms with van der Waals surface area (Å²) in [6.45, 7) is 0.255. The maximum Gasteiger partial charge on any atom is 0.407 e. The van der Waals surface area contributed by atoms with E-state index >= 15 is 0 Å². The Kier molecular flexibility index (Phi) is 5.86. The van der Waals surface area contributed by atoms with Crippen molar-refractivity contribution in [2.75, 3.05) is 31.8 Å². The van der Waals surface area contributed by atoms with Crippen molar-refractivity contribution in [3.05, 3.63) is 40.4 Å². The number of rotatable bonds is 4. The Bertz CT molecular complexity index is 701. The van der Waals surface area contributed by atoms with Gasteiger partial charge in [-0.15, -0.1) is 11.8 Å². The van der Waals surface area contributed by atoms with E-state index < -0.39 is 12.1 Å². The molecule has 0 unspecified atom stereocenters. The molecule has 0 bridgehead atoms. The van der Waals surface area contributed by atoms with Crippen LogP contribution in [0.1, 0.15) is 16.8 Å². The largest absolute Gasteiger partial charge is 0.465 e. The minimum atomic E-state index is -1.05. The van der Waals surface area contributed by atoms with Gasteiger partial charge in [0.2, 0.25) is 0 Å².